The molecule has 0 aromatic heterocycles. The van der Waals surface area contributed by atoms with E-state index in [2.05, 4.69) is 19.9 Å². The van der Waals surface area contributed by atoms with E-state index in [1.165, 1.54) is 0 Å². The van der Waals surface area contributed by atoms with Crippen molar-refractivity contribution in [2.75, 3.05) is 0 Å². The summed E-state index contributed by atoms with van der Waals surface area (Å²) >= 11 is 6.50. The molecule has 0 amide bonds. The van der Waals surface area contributed by atoms with Crippen LogP contribution in [0.2, 0.25) is 0 Å². The summed E-state index contributed by atoms with van der Waals surface area (Å²) in [6, 6.07) is 0. The van der Waals surface area contributed by atoms with Crippen LogP contribution in [0.3, 0.4) is 0 Å². The zero-order valence-electron chi connectivity index (χ0n) is 17.2. The highest BCUT2D eigenvalue weighted by Gasteiger charge is 2.61. The number of hydrogen-bond donors (Lipinski definition) is 0. The molecule has 29 heavy (non-hydrogen) atoms. The van der Waals surface area contributed by atoms with E-state index in [1.807, 2.05) is 19.9 Å². The molecule has 0 aromatic carbocycles. The molecule has 5 nitrogen and oxygen atoms in total. The summed E-state index contributed by atoms with van der Waals surface area (Å²) in [7, 11) is 0. The minimum Gasteiger partial charge on any atom is -0.482 e. The number of carbonyl (C=O) groups excluding carboxylic acids is 2. The Labute approximate surface area is 175 Å². The number of ketones is 1. The Balaban J connectivity index is 1.79. The van der Waals surface area contributed by atoms with E-state index >= 15 is 0 Å². The molecule has 0 unspecified atom stereocenters. The van der Waals surface area contributed by atoms with Crippen LogP contribution in [0.15, 0.2) is 57.8 Å². The number of ether oxygens (including phenoxy) is 3. The normalized spacial score (nSPS) is 34.6. The summed E-state index contributed by atoms with van der Waals surface area (Å²) in [6.45, 7) is 9.66. The summed E-state index contributed by atoms with van der Waals surface area (Å²) in [5, 5.41) is 0.0988. The van der Waals surface area contributed by atoms with Gasteiger partial charge in [0.25, 0.3) is 0 Å². The van der Waals surface area contributed by atoms with Gasteiger partial charge in [0.15, 0.2) is 5.60 Å². The molecule has 3 aliphatic heterocycles. The number of allylic oxidation sites excluding steroid dienone is 4. The van der Waals surface area contributed by atoms with Gasteiger partial charge in [0, 0.05) is 11.1 Å². The second-order valence-corrected chi connectivity index (χ2v) is 8.74. The summed E-state index contributed by atoms with van der Waals surface area (Å²) in [6.07, 6.45) is 7.96. The van der Waals surface area contributed by atoms with Gasteiger partial charge < -0.3 is 14.2 Å². The first-order valence-corrected chi connectivity index (χ1v) is 10.4. The summed E-state index contributed by atoms with van der Waals surface area (Å²) in [5.74, 6) is -0.00984. The van der Waals surface area contributed by atoms with Gasteiger partial charge in [-0.2, -0.15) is 0 Å². The monoisotopic (exact) mass is 416 g/mol. The minimum atomic E-state index is -1.28. The molecule has 154 valence electrons. The number of esters is 1. The number of Topliss-reactive ketones (excluding diaryl/α,β-unsaturated/α-hetero) is 1. The van der Waals surface area contributed by atoms with Crippen LogP contribution in [-0.2, 0) is 23.8 Å². The Kier molecular flexibility index (Phi) is 4.77. The van der Waals surface area contributed by atoms with Crippen LogP contribution >= 0.6 is 11.6 Å². The summed E-state index contributed by atoms with van der Waals surface area (Å²) in [5.41, 5.74) is 0.359. The first-order chi connectivity index (χ1) is 13.7. The number of halogens is 1. The lowest BCUT2D eigenvalue weighted by atomic mass is 9.69. The minimum absolute atomic E-state index is 0.0988. The maximum absolute atomic E-state index is 13.2. The van der Waals surface area contributed by atoms with Crippen molar-refractivity contribution in [1.82, 2.24) is 0 Å². The van der Waals surface area contributed by atoms with Crippen LogP contribution in [0.25, 0.3) is 0 Å². The molecule has 3 heterocycles. The van der Waals surface area contributed by atoms with E-state index in [0.29, 0.717) is 34.2 Å². The molecule has 0 saturated carbocycles. The van der Waals surface area contributed by atoms with Crippen molar-refractivity contribution >= 4 is 23.4 Å². The van der Waals surface area contributed by atoms with Gasteiger partial charge >= 0.3 is 5.97 Å². The molecule has 0 aromatic rings. The van der Waals surface area contributed by atoms with Gasteiger partial charge in [-0.25, -0.2) is 4.79 Å². The summed E-state index contributed by atoms with van der Waals surface area (Å²) in [4.78, 5) is 26.0. The van der Waals surface area contributed by atoms with E-state index in [4.69, 9.17) is 25.8 Å². The standard InChI is InChI=1S/C23H25ClO5/c1-6-11(2)7-8-14-9-15-16(10-27-14)18-17-20(12(3)13(4)28-22(17)26)29-23(18,5)21(25)19(15)24/h7-13,18H,6H2,1-5H3/b8-7+/t11-,12+,13+,18+,23-/m0/s1. The average molecular weight is 417 g/mol. The lowest BCUT2D eigenvalue weighted by Crippen LogP contribution is -2.47. The van der Waals surface area contributed by atoms with Crippen LogP contribution in [0, 0.1) is 17.8 Å². The SMILES string of the molecule is CC[C@H](C)/C=C/C1=CC2=C(Cl)C(=O)[C@@]3(C)OC4=C(C(=O)O[C@H](C)[C@H]4C)[C@H]3C2=CO1. The van der Waals surface area contributed by atoms with E-state index < -0.39 is 17.5 Å². The Morgan fingerprint density at radius 1 is 1.31 bits per heavy atom. The zero-order chi connectivity index (χ0) is 21.1. The highest BCUT2D eigenvalue weighted by atomic mass is 35.5. The van der Waals surface area contributed by atoms with Crippen LogP contribution < -0.4 is 0 Å². The third-order valence-corrected chi connectivity index (χ3v) is 6.78. The molecule has 0 fully saturated rings. The zero-order valence-corrected chi connectivity index (χ0v) is 18.0. The fraction of sp³-hybridized carbons (Fsp3) is 0.478. The van der Waals surface area contributed by atoms with Crippen LogP contribution in [0.5, 0.6) is 0 Å². The number of cyclic esters (lactones) is 1. The van der Waals surface area contributed by atoms with Gasteiger partial charge in [-0.1, -0.05) is 44.9 Å². The molecule has 0 spiro atoms. The van der Waals surface area contributed by atoms with E-state index in [9.17, 15) is 9.59 Å². The molecule has 0 radical (unpaired) electrons. The van der Waals surface area contributed by atoms with E-state index in [1.54, 1.807) is 19.3 Å². The largest absolute Gasteiger partial charge is 0.482 e. The molecule has 1 aliphatic carbocycles. The van der Waals surface area contributed by atoms with Crippen molar-refractivity contribution < 1.29 is 23.8 Å². The molecule has 4 aliphatic rings. The Morgan fingerprint density at radius 2 is 2.03 bits per heavy atom. The van der Waals surface area contributed by atoms with Crippen LogP contribution in [0.4, 0.5) is 0 Å². The van der Waals surface area contributed by atoms with Crippen molar-refractivity contribution in [3.8, 4) is 0 Å². The maximum Gasteiger partial charge on any atom is 0.338 e. The fourth-order valence-electron chi connectivity index (χ4n) is 4.18. The maximum atomic E-state index is 13.2. The quantitative estimate of drug-likeness (QED) is 0.624. The molecule has 6 heteroatoms. The Morgan fingerprint density at radius 3 is 2.72 bits per heavy atom. The Hall–Kier alpha value is -2.27. The second kappa shape index (κ2) is 6.91. The number of fused-ring (bicyclic) bond motifs is 4. The fourth-order valence-corrected chi connectivity index (χ4v) is 4.54. The smallest absolute Gasteiger partial charge is 0.338 e. The number of carbonyl (C=O) groups is 2. The van der Waals surface area contributed by atoms with Gasteiger partial charge in [-0.15, -0.1) is 0 Å². The molecule has 4 rings (SSSR count). The molecule has 0 bridgehead atoms. The second-order valence-electron chi connectivity index (χ2n) is 8.36. The molecule has 0 saturated heterocycles. The van der Waals surface area contributed by atoms with Crippen molar-refractivity contribution in [3.63, 3.8) is 0 Å². The average Bonchev–Trinajstić information content (AvgIpc) is 3.03. The predicted molar refractivity (Wildman–Crippen MR) is 108 cm³/mol. The third kappa shape index (κ3) is 2.90. The third-order valence-electron chi connectivity index (χ3n) is 6.41. The first-order valence-electron chi connectivity index (χ1n) is 10.0. The van der Waals surface area contributed by atoms with Gasteiger partial charge in [-0.05, 0) is 31.9 Å². The van der Waals surface area contributed by atoms with Gasteiger partial charge in [0.2, 0.25) is 5.78 Å². The lowest BCUT2D eigenvalue weighted by Gasteiger charge is -2.37. The van der Waals surface area contributed by atoms with Gasteiger partial charge in [0.1, 0.15) is 17.6 Å². The van der Waals surface area contributed by atoms with Crippen molar-refractivity contribution in [2.45, 2.75) is 52.7 Å². The molecular weight excluding hydrogens is 392 g/mol. The van der Waals surface area contributed by atoms with Crippen molar-refractivity contribution in [1.29, 1.82) is 0 Å². The highest BCUT2D eigenvalue weighted by molar-refractivity contribution is 6.45. The predicted octanol–water partition coefficient (Wildman–Crippen LogP) is 4.70. The van der Waals surface area contributed by atoms with Crippen LogP contribution in [0.1, 0.15) is 41.0 Å². The molecule has 5 atom stereocenters. The van der Waals surface area contributed by atoms with Gasteiger partial charge in [0.05, 0.1) is 28.7 Å². The lowest BCUT2D eigenvalue weighted by molar-refractivity contribution is -0.148. The Bertz CT molecular complexity index is 950. The first kappa shape index (κ1) is 20.0. The van der Waals surface area contributed by atoms with E-state index in [-0.39, 0.29) is 22.8 Å². The van der Waals surface area contributed by atoms with Crippen LogP contribution in [-0.4, -0.2) is 23.5 Å². The number of hydrogen-bond acceptors (Lipinski definition) is 5. The topological polar surface area (TPSA) is 61.8 Å². The number of rotatable bonds is 3. The van der Waals surface area contributed by atoms with E-state index in [0.717, 1.165) is 6.42 Å². The van der Waals surface area contributed by atoms with Crippen molar-refractivity contribution in [2.24, 2.45) is 17.8 Å². The van der Waals surface area contributed by atoms with Crippen molar-refractivity contribution in [3.05, 3.63) is 57.8 Å². The molecule has 0 N–H and O–H groups in total. The molecular formula is C23H25ClO5. The highest BCUT2D eigenvalue weighted by Crippen LogP contribution is 2.55. The van der Waals surface area contributed by atoms with Gasteiger partial charge in [-0.3, -0.25) is 4.79 Å². The summed E-state index contributed by atoms with van der Waals surface area (Å²) < 4.78 is 17.5.